The van der Waals surface area contributed by atoms with Crippen LogP contribution in [0.3, 0.4) is 0 Å². The van der Waals surface area contributed by atoms with E-state index in [1.165, 1.54) is 23.6 Å². The molecule has 0 saturated heterocycles. The number of nitrogens with zero attached hydrogens (tertiary/aromatic N) is 1. The van der Waals surface area contributed by atoms with Gasteiger partial charge in [-0.3, -0.25) is 14.9 Å². The molecule has 2 aromatic carbocycles. The van der Waals surface area contributed by atoms with Gasteiger partial charge >= 0.3 is 6.18 Å². The van der Waals surface area contributed by atoms with Gasteiger partial charge in [0, 0.05) is 22.5 Å². The van der Waals surface area contributed by atoms with Crippen LogP contribution in [0.5, 0.6) is 0 Å². The number of alkyl halides is 3. The number of aromatic amines is 1. The van der Waals surface area contributed by atoms with Gasteiger partial charge in [-0.15, -0.1) is 11.3 Å². The quantitative estimate of drug-likeness (QED) is 0.393. The molecule has 0 aliphatic heterocycles. The van der Waals surface area contributed by atoms with E-state index in [0.717, 1.165) is 24.1 Å². The van der Waals surface area contributed by atoms with E-state index in [9.17, 15) is 22.8 Å². The first-order chi connectivity index (χ1) is 15.3. The number of carbonyl (C=O) groups excluding carboxylic acids is 1. The van der Waals surface area contributed by atoms with Crippen LogP contribution in [0.4, 0.5) is 18.3 Å². The molecule has 5 nitrogen and oxygen atoms in total. The number of fused-ring (bicyclic) bond motifs is 1. The summed E-state index contributed by atoms with van der Waals surface area (Å²) in [5, 5.41) is 4.31. The smallest absolute Gasteiger partial charge is 0.353 e. The first-order valence-corrected chi connectivity index (χ1v) is 10.7. The van der Waals surface area contributed by atoms with Crippen LogP contribution in [0.25, 0.3) is 22.2 Å². The average Bonchev–Trinajstić information content (AvgIpc) is 3.26. The maximum Gasteiger partial charge on any atom is 0.418 e. The molecule has 0 unspecified atom stereocenters. The molecule has 0 spiro atoms. The minimum absolute atomic E-state index is 0.0531. The number of H-pyrrole nitrogens is 1. The fourth-order valence-electron chi connectivity index (χ4n) is 3.66. The Morgan fingerprint density at radius 2 is 1.94 bits per heavy atom. The van der Waals surface area contributed by atoms with Crippen LogP contribution in [-0.2, 0) is 12.6 Å². The molecule has 2 N–H and O–H groups in total. The number of aromatic nitrogens is 2. The first kappa shape index (κ1) is 21.8. The second kappa shape index (κ2) is 8.58. The minimum Gasteiger partial charge on any atom is -0.353 e. The van der Waals surface area contributed by atoms with Crippen molar-refractivity contribution < 1.29 is 18.0 Å². The molecule has 0 saturated carbocycles. The van der Waals surface area contributed by atoms with Gasteiger partial charge < -0.3 is 4.98 Å². The Labute approximate surface area is 185 Å². The van der Waals surface area contributed by atoms with Crippen LogP contribution in [0.1, 0.15) is 34.8 Å². The number of halogens is 3. The van der Waals surface area contributed by atoms with E-state index in [-0.39, 0.29) is 27.3 Å². The van der Waals surface area contributed by atoms with Gasteiger partial charge in [0.1, 0.15) is 5.56 Å². The highest BCUT2D eigenvalue weighted by atomic mass is 32.1. The molecule has 4 rings (SSSR count). The van der Waals surface area contributed by atoms with Gasteiger partial charge in [-0.25, -0.2) is 4.98 Å². The van der Waals surface area contributed by atoms with Gasteiger partial charge in [-0.05, 0) is 24.1 Å². The topological polar surface area (TPSA) is 74.8 Å². The fraction of sp³-hybridized carbons (Fsp3) is 0.174. The molecule has 4 aromatic rings. The summed E-state index contributed by atoms with van der Waals surface area (Å²) in [6.45, 7) is 1.97. The van der Waals surface area contributed by atoms with Crippen molar-refractivity contribution in [2.45, 2.75) is 25.9 Å². The number of carbonyl (C=O) groups is 1. The Balaban J connectivity index is 2.05. The molecule has 0 radical (unpaired) electrons. The lowest BCUT2D eigenvalue weighted by Gasteiger charge is -2.17. The maximum atomic E-state index is 13.7. The van der Waals surface area contributed by atoms with Crippen LogP contribution in [0.15, 0.2) is 58.8 Å². The summed E-state index contributed by atoms with van der Waals surface area (Å²) >= 11 is 1.17. The third-order valence-electron chi connectivity index (χ3n) is 5.03. The van der Waals surface area contributed by atoms with Gasteiger partial charge in [0.05, 0.1) is 16.8 Å². The summed E-state index contributed by atoms with van der Waals surface area (Å²) in [7, 11) is 0. The zero-order valence-corrected chi connectivity index (χ0v) is 17.7. The highest BCUT2D eigenvalue weighted by Gasteiger charge is 2.34. The molecule has 32 heavy (non-hydrogen) atoms. The molecule has 9 heteroatoms. The average molecular weight is 457 g/mol. The van der Waals surface area contributed by atoms with Crippen molar-refractivity contribution in [1.29, 1.82) is 0 Å². The third kappa shape index (κ3) is 4.03. The Bertz CT molecular complexity index is 1350. The number of anilines is 1. The largest absolute Gasteiger partial charge is 0.418 e. The number of benzene rings is 2. The third-order valence-corrected chi connectivity index (χ3v) is 5.72. The predicted octanol–water partition coefficient (Wildman–Crippen LogP) is 5.88. The van der Waals surface area contributed by atoms with E-state index >= 15 is 0 Å². The van der Waals surface area contributed by atoms with Crippen LogP contribution in [0, 0.1) is 0 Å². The molecular weight excluding hydrogens is 439 g/mol. The second-order valence-electron chi connectivity index (χ2n) is 7.13. The van der Waals surface area contributed by atoms with Crippen molar-refractivity contribution >= 4 is 33.3 Å². The number of hydrogen-bond acceptors (Lipinski definition) is 4. The standard InChI is InChI=1S/C23H18F3N3O2S/c1-2-6-13-7-3-4-8-14(13)19-17(21(31)29-22-27-11-12-32-22)20(30)15-9-5-10-16(18(15)28-19)23(24,25)26/h3-5,7-12H,2,6H2,1H3,(H,28,30)(H,27,29,31). The molecule has 164 valence electrons. The minimum atomic E-state index is -4.67. The van der Waals surface area contributed by atoms with Crippen LogP contribution >= 0.6 is 11.3 Å². The summed E-state index contributed by atoms with van der Waals surface area (Å²) in [5.41, 5.74) is -0.967. The lowest BCUT2D eigenvalue weighted by molar-refractivity contribution is -0.136. The number of aryl methyl sites for hydroxylation is 1. The number of hydrogen-bond donors (Lipinski definition) is 2. The number of nitrogens with one attached hydrogen (secondary N) is 2. The summed E-state index contributed by atoms with van der Waals surface area (Å²) < 4.78 is 41.1. The summed E-state index contributed by atoms with van der Waals surface area (Å²) in [6, 6.07) is 10.4. The maximum absolute atomic E-state index is 13.7. The summed E-state index contributed by atoms with van der Waals surface area (Å²) in [6.07, 6.45) is -1.76. The molecule has 0 atom stereocenters. The Kier molecular flexibility index (Phi) is 5.84. The van der Waals surface area contributed by atoms with Crippen molar-refractivity contribution in [3.63, 3.8) is 0 Å². The predicted molar refractivity (Wildman–Crippen MR) is 119 cm³/mol. The SMILES string of the molecule is CCCc1ccccc1-c1[nH]c2c(C(F)(F)F)cccc2c(=O)c1C(=O)Nc1nccs1. The monoisotopic (exact) mass is 457 g/mol. The molecule has 1 amide bonds. The van der Waals surface area contributed by atoms with Gasteiger partial charge in [-0.2, -0.15) is 13.2 Å². The molecule has 2 heterocycles. The molecule has 0 aliphatic rings. The number of thiazole rings is 1. The van der Waals surface area contributed by atoms with Crippen molar-refractivity contribution in [2.75, 3.05) is 5.32 Å². The van der Waals surface area contributed by atoms with Crippen molar-refractivity contribution in [3.8, 4) is 11.3 Å². The van der Waals surface area contributed by atoms with Crippen molar-refractivity contribution in [3.05, 3.63) is 81.0 Å². The van der Waals surface area contributed by atoms with E-state index in [0.29, 0.717) is 12.0 Å². The van der Waals surface area contributed by atoms with Gasteiger partial charge in [0.25, 0.3) is 5.91 Å². The van der Waals surface area contributed by atoms with E-state index in [4.69, 9.17) is 0 Å². The number of para-hydroxylation sites is 1. The normalized spacial score (nSPS) is 11.6. The molecule has 2 aromatic heterocycles. The van der Waals surface area contributed by atoms with Crippen LogP contribution in [-0.4, -0.2) is 15.9 Å². The lowest BCUT2D eigenvalue weighted by Crippen LogP contribution is -2.25. The van der Waals surface area contributed by atoms with E-state index in [1.54, 1.807) is 17.5 Å². The van der Waals surface area contributed by atoms with Crippen molar-refractivity contribution in [2.24, 2.45) is 0 Å². The second-order valence-corrected chi connectivity index (χ2v) is 8.02. The first-order valence-electron chi connectivity index (χ1n) is 9.86. The zero-order chi connectivity index (χ0) is 22.9. The van der Waals surface area contributed by atoms with E-state index in [2.05, 4.69) is 15.3 Å². The molecule has 0 bridgehead atoms. The number of amides is 1. The fourth-order valence-corrected chi connectivity index (χ4v) is 4.19. The van der Waals surface area contributed by atoms with Crippen LogP contribution in [0.2, 0.25) is 0 Å². The Hall–Kier alpha value is -3.46. The highest BCUT2D eigenvalue weighted by molar-refractivity contribution is 7.13. The summed E-state index contributed by atoms with van der Waals surface area (Å²) in [4.78, 5) is 33.3. The van der Waals surface area contributed by atoms with Gasteiger partial charge in [0.15, 0.2) is 5.13 Å². The van der Waals surface area contributed by atoms with Crippen molar-refractivity contribution in [1.82, 2.24) is 9.97 Å². The zero-order valence-electron chi connectivity index (χ0n) is 16.9. The van der Waals surface area contributed by atoms with Gasteiger partial charge in [-0.1, -0.05) is 43.7 Å². The Morgan fingerprint density at radius 1 is 1.16 bits per heavy atom. The summed E-state index contributed by atoms with van der Waals surface area (Å²) in [5.74, 6) is -0.734. The van der Waals surface area contributed by atoms with Crippen LogP contribution < -0.4 is 10.7 Å². The lowest BCUT2D eigenvalue weighted by atomic mass is 9.95. The molecule has 0 fully saturated rings. The molecular formula is C23H18F3N3O2S. The van der Waals surface area contributed by atoms with E-state index < -0.39 is 23.1 Å². The number of pyridine rings is 1. The molecule has 0 aliphatic carbocycles. The highest BCUT2D eigenvalue weighted by Crippen LogP contribution is 2.35. The van der Waals surface area contributed by atoms with Gasteiger partial charge in [0.2, 0.25) is 5.43 Å². The number of rotatable bonds is 5. The Morgan fingerprint density at radius 3 is 2.62 bits per heavy atom. The van der Waals surface area contributed by atoms with E-state index in [1.807, 2.05) is 19.1 Å².